The summed E-state index contributed by atoms with van der Waals surface area (Å²) in [5.74, 6) is 1.36. The maximum atomic E-state index is 8.79. The Bertz CT molecular complexity index is 857. The van der Waals surface area contributed by atoms with Crippen LogP contribution in [0, 0.1) is 17.2 Å². The fourth-order valence-corrected chi connectivity index (χ4v) is 3.09. The molecule has 3 aromatic rings. The standard InChI is InChI=1S/C21H22N2O/c1-16(2)13-18-14-19-20(9-6-10-21(19)24-12-11-22)23(18)15-17-7-4-3-5-8-17/h3-10,14,16H,12-13,15H2,1-2H3. The number of hydrogen-bond donors (Lipinski definition) is 0. The molecule has 0 saturated carbocycles. The Morgan fingerprint density at radius 2 is 1.88 bits per heavy atom. The molecule has 3 rings (SSSR count). The molecule has 122 valence electrons. The van der Waals surface area contributed by atoms with E-state index in [1.807, 2.05) is 24.3 Å². The molecule has 1 aromatic heterocycles. The molecule has 0 fully saturated rings. The molecule has 1 heterocycles. The molecule has 0 radical (unpaired) electrons. The van der Waals surface area contributed by atoms with Crippen LogP contribution in [0.1, 0.15) is 25.1 Å². The Hall–Kier alpha value is -2.73. The SMILES string of the molecule is CC(C)Cc1cc2c(OCC#N)cccc2n1Cc1ccccc1. The summed E-state index contributed by atoms with van der Waals surface area (Å²) in [6, 6.07) is 20.8. The highest BCUT2D eigenvalue weighted by atomic mass is 16.5. The lowest BCUT2D eigenvalue weighted by Gasteiger charge is -2.13. The molecule has 0 saturated heterocycles. The second kappa shape index (κ2) is 7.23. The van der Waals surface area contributed by atoms with Crippen LogP contribution in [0.25, 0.3) is 10.9 Å². The Labute approximate surface area is 143 Å². The van der Waals surface area contributed by atoms with Crippen LogP contribution >= 0.6 is 0 Å². The molecular formula is C21H22N2O. The monoisotopic (exact) mass is 318 g/mol. The summed E-state index contributed by atoms with van der Waals surface area (Å²) in [4.78, 5) is 0. The van der Waals surface area contributed by atoms with Gasteiger partial charge in [0.1, 0.15) is 11.8 Å². The van der Waals surface area contributed by atoms with E-state index >= 15 is 0 Å². The highest BCUT2D eigenvalue weighted by molar-refractivity contribution is 5.87. The first kappa shape index (κ1) is 16.1. The zero-order chi connectivity index (χ0) is 16.9. The van der Waals surface area contributed by atoms with Crippen LogP contribution < -0.4 is 4.74 Å². The lowest BCUT2D eigenvalue weighted by molar-refractivity contribution is 0.372. The van der Waals surface area contributed by atoms with Crippen LogP contribution in [0.5, 0.6) is 5.75 Å². The van der Waals surface area contributed by atoms with Gasteiger partial charge < -0.3 is 9.30 Å². The number of hydrogen-bond acceptors (Lipinski definition) is 2. The maximum absolute atomic E-state index is 8.79. The van der Waals surface area contributed by atoms with Crippen molar-refractivity contribution >= 4 is 10.9 Å². The van der Waals surface area contributed by atoms with Gasteiger partial charge >= 0.3 is 0 Å². The van der Waals surface area contributed by atoms with Crippen LogP contribution in [-0.4, -0.2) is 11.2 Å². The maximum Gasteiger partial charge on any atom is 0.174 e. The topological polar surface area (TPSA) is 37.9 Å². The van der Waals surface area contributed by atoms with Gasteiger partial charge in [-0.3, -0.25) is 0 Å². The first-order valence-electron chi connectivity index (χ1n) is 8.34. The van der Waals surface area contributed by atoms with Gasteiger partial charge in [0.2, 0.25) is 0 Å². The number of aromatic nitrogens is 1. The van der Waals surface area contributed by atoms with E-state index in [9.17, 15) is 0 Å². The van der Waals surface area contributed by atoms with Gasteiger partial charge in [-0.15, -0.1) is 0 Å². The van der Waals surface area contributed by atoms with Crippen molar-refractivity contribution in [3.63, 3.8) is 0 Å². The fourth-order valence-electron chi connectivity index (χ4n) is 3.09. The predicted molar refractivity (Wildman–Crippen MR) is 97.1 cm³/mol. The van der Waals surface area contributed by atoms with Crippen LogP contribution in [0.4, 0.5) is 0 Å². The van der Waals surface area contributed by atoms with Gasteiger partial charge in [0.05, 0.1) is 5.52 Å². The van der Waals surface area contributed by atoms with Crippen LogP contribution in [-0.2, 0) is 13.0 Å². The third kappa shape index (κ3) is 3.44. The van der Waals surface area contributed by atoms with E-state index in [0.717, 1.165) is 29.6 Å². The minimum atomic E-state index is 0.0719. The summed E-state index contributed by atoms with van der Waals surface area (Å²) in [5, 5.41) is 9.88. The van der Waals surface area contributed by atoms with Gasteiger partial charge in [-0.1, -0.05) is 50.2 Å². The van der Waals surface area contributed by atoms with Crippen molar-refractivity contribution < 1.29 is 4.74 Å². The minimum Gasteiger partial charge on any atom is -0.478 e. The van der Waals surface area contributed by atoms with E-state index in [1.165, 1.54) is 11.3 Å². The van der Waals surface area contributed by atoms with Gasteiger partial charge in [-0.05, 0) is 36.1 Å². The predicted octanol–water partition coefficient (Wildman–Crippen LogP) is 4.79. The van der Waals surface area contributed by atoms with Gasteiger partial charge in [-0.2, -0.15) is 5.26 Å². The fraction of sp³-hybridized carbons (Fsp3) is 0.286. The number of fused-ring (bicyclic) bond motifs is 1. The molecule has 24 heavy (non-hydrogen) atoms. The summed E-state index contributed by atoms with van der Waals surface area (Å²) in [5.41, 5.74) is 3.74. The molecule has 0 aliphatic carbocycles. The Kier molecular flexibility index (Phi) is 4.86. The number of ether oxygens (including phenoxy) is 1. The van der Waals surface area contributed by atoms with E-state index in [0.29, 0.717) is 5.92 Å². The summed E-state index contributed by atoms with van der Waals surface area (Å²) >= 11 is 0. The molecule has 0 unspecified atom stereocenters. The minimum absolute atomic E-state index is 0.0719. The van der Waals surface area contributed by atoms with Gasteiger partial charge in [0.15, 0.2) is 6.61 Å². The number of nitriles is 1. The average Bonchev–Trinajstić information content (AvgIpc) is 2.91. The highest BCUT2D eigenvalue weighted by Crippen LogP contribution is 2.30. The Morgan fingerprint density at radius 1 is 1.08 bits per heavy atom. The highest BCUT2D eigenvalue weighted by Gasteiger charge is 2.14. The normalized spacial score (nSPS) is 10.9. The molecule has 0 aliphatic rings. The van der Waals surface area contributed by atoms with Crippen molar-refractivity contribution in [1.29, 1.82) is 5.26 Å². The average molecular weight is 318 g/mol. The zero-order valence-corrected chi connectivity index (χ0v) is 14.2. The van der Waals surface area contributed by atoms with Crippen molar-refractivity contribution in [2.75, 3.05) is 6.61 Å². The second-order valence-electron chi connectivity index (χ2n) is 6.44. The number of nitrogens with zero attached hydrogens (tertiary/aromatic N) is 2. The third-order valence-electron chi connectivity index (χ3n) is 4.08. The first-order valence-corrected chi connectivity index (χ1v) is 8.34. The van der Waals surface area contributed by atoms with Crippen LogP contribution in [0.2, 0.25) is 0 Å². The van der Waals surface area contributed by atoms with E-state index in [4.69, 9.17) is 10.00 Å². The Morgan fingerprint density at radius 3 is 2.58 bits per heavy atom. The van der Waals surface area contributed by atoms with Crippen molar-refractivity contribution in [1.82, 2.24) is 4.57 Å². The lowest BCUT2D eigenvalue weighted by atomic mass is 10.1. The molecular weight excluding hydrogens is 296 g/mol. The van der Waals surface area contributed by atoms with E-state index in [1.54, 1.807) is 0 Å². The molecule has 0 atom stereocenters. The molecule has 3 nitrogen and oxygen atoms in total. The van der Waals surface area contributed by atoms with Gasteiger partial charge in [0, 0.05) is 17.6 Å². The molecule has 0 N–H and O–H groups in total. The molecule has 0 amide bonds. The number of rotatable bonds is 6. The summed E-state index contributed by atoms with van der Waals surface area (Å²) in [7, 11) is 0. The molecule has 3 heteroatoms. The van der Waals surface area contributed by atoms with Crippen LogP contribution in [0.15, 0.2) is 54.6 Å². The zero-order valence-electron chi connectivity index (χ0n) is 14.2. The van der Waals surface area contributed by atoms with Crippen LogP contribution in [0.3, 0.4) is 0 Å². The largest absolute Gasteiger partial charge is 0.478 e. The van der Waals surface area contributed by atoms with Gasteiger partial charge in [0.25, 0.3) is 0 Å². The summed E-state index contributed by atoms with van der Waals surface area (Å²) in [6.45, 7) is 5.38. The first-order chi connectivity index (χ1) is 11.7. The second-order valence-corrected chi connectivity index (χ2v) is 6.44. The smallest absolute Gasteiger partial charge is 0.174 e. The third-order valence-corrected chi connectivity index (χ3v) is 4.08. The van der Waals surface area contributed by atoms with Crippen molar-refractivity contribution in [2.24, 2.45) is 5.92 Å². The molecule has 0 bridgehead atoms. The molecule has 0 spiro atoms. The summed E-state index contributed by atoms with van der Waals surface area (Å²) < 4.78 is 7.98. The lowest BCUT2D eigenvalue weighted by Crippen LogP contribution is -2.06. The van der Waals surface area contributed by atoms with E-state index < -0.39 is 0 Å². The molecule has 2 aromatic carbocycles. The van der Waals surface area contributed by atoms with Crippen molar-refractivity contribution in [3.05, 3.63) is 65.9 Å². The van der Waals surface area contributed by atoms with Crippen molar-refractivity contribution in [2.45, 2.75) is 26.8 Å². The summed E-state index contributed by atoms with van der Waals surface area (Å²) in [6.07, 6.45) is 1.01. The van der Waals surface area contributed by atoms with Crippen molar-refractivity contribution in [3.8, 4) is 11.8 Å². The van der Waals surface area contributed by atoms with Gasteiger partial charge in [-0.25, -0.2) is 0 Å². The molecule has 0 aliphatic heterocycles. The van der Waals surface area contributed by atoms with E-state index in [2.05, 4.69) is 54.8 Å². The number of benzene rings is 2. The van der Waals surface area contributed by atoms with E-state index in [-0.39, 0.29) is 6.61 Å². The Balaban J connectivity index is 2.08. The quantitative estimate of drug-likeness (QED) is 0.655.